The molecular weight excluding hydrogens is 362 g/mol. The van der Waals surface area contributed by atoms with Crippen LogP contribution in [-0.2, 0) is 11.8 Å². The molecule has 0 aliphatic heterocycles. The summed E-state index contributed by atoms with van der Waals surface area (Å²) in [4.78, 5) is 24.3. The van der Waals surface area contributed by atoms with Gasteiger partial charge in [0, 0.05) is 18.2 Å². The van der Waals surface area contributed by atoms with Gasteiger partial charge in [0.05, 0.1) is 5.25 Å². The molecular formula is C19H19N5O2S. The Labute approximate surface area is 161 Å². The Balaban J connectivity index is 1.59. The van der Waals surface area contributed by atoms with E-state index in [9.17, 15) is 9.59 Å². The standard InChI is InChI=1S/C19H19N5O2S/c1-13(17(25)21-22-18(26)15-11-7-4-8-12-15)27-19-23-20-16(24(19)2)14-9-5-3-6-10-14/h3-13H,1-2H3,(H,21,25)(H,22,26)/t13-/m0/s1. The number of hydrazine groups is 1. The minimum atomic E-state index is -0.465. The molecule has 3 aromatic rings. The largest absolute Gasteiger partial charge is 0.305 e. The third-order valence-electron chi connectivity index (χ3n) is 3.85. The van der Waals surface area contributed by atoms with Crippen molar-refractivity contribution in [1.29, 1.82) is 0 Å². The predicted molar refractivity (Wildman–Crippen MR) is 104 cm³/mol. The molecule has 0 aliphatic rings. The summed E-state index contributed by atoms with van der Waals surface area (Å²) in [5.41, 5.74) is 6.28. The van der Waals surface area contributed by atoms with Gasteiger partial charge in [-0.25, -0.2) is 0 Å². The van der Waals surface area contributed by atoms with Gasteiger partial charge in [-0.15, -0.1) is 10.2 Å². The summed E-state index contributed by atoms with van der Waals surface area (Å²) in [5.74, 6) is 0.0304. The van der Waals surface area contributed by atoms with Gasteiger partial charge in [0.2, 0.25) is 0 Å². The number of nitrogens with zero attached hydrogens (tertiary/aromatic N) is 3. The number of carbonyl (C=O) groups excluding carboxylic acids is 2. The van der Waals surface area contributed by atoms with E-state index in [0.717, 1.165) is 11.4 Å². The Kier molecular flexibility index (Phi) is 5.87. The molecule has 2 amide bonds. The first-order chi connectivity index (χ1) is 13.1. The molecule has 1 heterocycles. The van der Waals surface area contributed by atoms with Crippen LogP contribution in [0.3, 0.4) is 0 Å². The average molecular weight is 381 g/mol. The van der Waals surface area contributed by atoms with Gasteiger partial charge in [-0.05, 0) is 19.1 Å². The highest BCUT2D eigenvalue weighted by Gasteiger charge is 2.20. The normalized spacial score (nSPS) is 11.6. The molecule has 27 heavy (non-hydrogen) atoms. The van der Waals surface area contributed by atoms with Gasteiger partial charge in [0.15, 0.2) is 11.0 Å². The van der Waals surface area contributed by atoms with Crippen LogP contribution < -0.4 is 10.9 Å². The zero-order chi connectivity index (χ0) is 19.2. The smallest absolute Gasteiger partial charge is 0.269 e. The van der Waals surface area contributed by atoms with Crippen LogP contribution in [0.2, 0.25) is 0 Å². The van der Waals surface area contributed by atoms with E-state index in [2.05, 4.69) is 21.0 Å². The number of nitrogens with one attached hydrogen (secondary N) is 2. The molecule has 0 fully saturated rings. The second-order valence-electron chi connectivity index (χ2n) is 5.80. The van der Waals surface area contributed by atoms with Crippen LogP contribution in [0, 0.1) is 0 Å². The first-order valence-electron chi connectivity index (χ1n) is 8.33. The number of amides is 2. The molecule has 1 aromatic heterocycles. The Morgan fingerprint density at radius 1 is 0.963 bits per heavy atom. The second kappa shape index (κ2) is 8.50. The van der Waals surface area contributed by atoms with Crippen LogP contribution >= 0.6 is 11.8 Å². The van der Waals surface area contributed by atoms with E-state index >= 15 is 0 Å². The van der Waals surface area contributed by atoms with Crippen molar-refractivity contribution in [3.05, 3.63) is 66.2 Å². The lowest BCUT2D eigenvalue weighted by molar-refractivity contribution is -0.121. The van der Waals surface area contributed by atoms with Gasteiger partial charge >= 0.3 is 0 Å². The van der Waals surface area contributed by atoms with E-state index in [1.54, 1.807) is 31.2 Å². The van der Waals surface area contributed by atoms with Gasteiger partial charge in [0.25, 0.3) is 11.8 Å². The molecule has 0 spiro atoms. The van der Waals surface area contributed by atoms with Crippen molar-refractivity contribution < 1.29 is 9.59 Å². The lowest BCUT2D eigenvalue weighted by Crippen LogP contribution is -2.44. The van der Waals surface area contributed by atoms with Crippen molar-refractivity contribution in [3.8, 4) is 11.4 Å². The van der Waals surface area contributed by atoms with Crippen LogP contribution in [0.4, 0.5) is 0 Å². The summed E-state index contributed by atoms with van der Waals surface area (Å²) in [6.45, 7) is 1.74. The lowest BCUT2D eigenvalue weighted by Gasteiger charge is -2.12. The fourth-order valence-corrected chi connectivity index (χ4v) is 3.16. The highest BCUT2D eigenvalue weighted by atomic mass is 32.2. The van der Waals surface area contributed by atoms with Crippen LogP contribution in [0.25, 0.3) is 11.4 Å². The number of carbonyl (C=O) groups is 2. The first-order valence-corrected chi connectivity index (χ1v) is 9.21. The number of aromatic nitrogens is 3. The van der Waals surface area contributed by atoms with Crippen LogP contribution in [0.1, 0.15) is 17.3 Å². The van der Waals surface area contributed by atoms with Gasteiger partial charge in [-0.1, -0.05) is 60.3 Å². The molecule has 0 saturated heterocycles. The fourth-order valence-electron chi connectivity index (χ4n) is 2.35. The molecule has 3 rings (SSSR count). The second-order valence-corrected chi connectivity index (χ2v) is 7.11. The van der Waals surface area contributed by atoms with Gasteiger partial charge in [-0.3, -0.25) is 20.4 Å². The summed E-state index contributed by atoms with van der Waals surface area (Å²) in [6.07, 6.45) is 0. The molecule has 0 aliphatic carbocycles. The Morgan fingerprint density at radius 2 is 1.59 bits per heavy atom. The summed E-state index contributed by atoms with van der Waals surface area (Å²) < 4.78 is 1.84. The molecule has 2 aromatic carbocycles. The topological polar surface area (TPSA) is 88.9 Å². The van der Waals surface area contributed by atoms with Crippen LogP contribution in [0.15, 0.2) is 65.8 Å². The zero-order valence-corrected chi connectivity index (χ0v) is 15.7. The number of hydrogen-bond acceptors (Lipinski definition) is 5. The van der Waals surface area contributed by atoms with Crippen molar-refractivity contribution in [2.75, 3.05) is 0 Å². The van der Waals surface area contributed by atoms with Crippen molar-refractivity contribution in [2.45, 2.75) is 17.3 Å². The number of hydrogen-bond donors (Lipinski definition) is 2. The molecule has 0 bridgehead atoms. The quantitative estimate of drug-likeness (QED) is 0.523. The third-order valence-corrected chi connectivity index (χ3v) is 4.99. The molecule has 0 unspecified atom stereocenters. The van der Waals surface area contributed by atoms with Crippen LogP contribution in [-0.4, -0.2) is 31.8 Å². The van der Waals surface area contributed by atoms with Crippen molar-refractivity contribution in [3.63, 3.8) is 0 Å². The average Bonchev–Trinajstić information content (AvgIpc) is 3.07. The molecule has 0 saturated carbocycles. The van der Waals surface area contributed by atoms with Crippen molar-refractivity contribution in [1.82, 2.24) is 25.6 Å². The fraction of sp³-hybridized carbons (Fsp3) is 0.158. The highest BCUT2D eigenvalue weighted by Crippen LogP contribution is 2.25. The Morgan fingerprint density at radius 3 is 2.26 bits per heavy atom. The summed E-state index contributed by atoms with van der Waals surface area (Å²) >= 11 is 1.27. The van der Waals surface area contributed by atoms with Gasteiger partial charge < -0.3 is 4.57 Å². The summed E-state index contributed by atoms with van der Waals surface area (Å²) in [5, 5.41) is 8.52. The van der Waals surface area contributed by atoms with E-state index < -0.39 is 5.25 Å². The number of thioether (sulfide) groups is 1. The molecule has 1 atom stereocenters. The summed E-state index contributed by atoms with van der Waals surface area (Å²) in [6, 6.07) is 18.4. The minimum Gasteiger partial charge on any atom is -0.305 e. The van der Waals surface area contributed by atoms with E-state index in [0.29, 0.717) is 10.7 Å². The molecule has 0 radical (unpaired) electrons. The van der Waals surface area contributed by atoms with E-state index in [4.69, 9.17) is 0 Å². The summed E-state index contributed by atoms with van der Waals surface area (Å²) in [7, 11) is 1.85. The maximum Gasteiger partial charge on any atom is 0.269 e. The van der Waals surface area contributed by atoms with Crippen molar-refractivity contribution >= 4 is 23.6 Å². The minimum absolute atomic E-state index is 0.325. The Hall–Kier alpha value is -3.13. The zero-order valence-electron chi connectivity index (χ0n) is 14.9. The van der Waals surface area contributed by atoms with Gasteiger partial charge in [0.1, 0.15) is 0 Å². The number of benzene rings is 2. The van der Waals surface area contributed by atoms with E-state index in [1.807, 2.05) is 48.0 Å². The predicted octanol–water partition coefficient (Wildman–Crippen LogP) is 2.42. The van der Waals surface area contributed by atoms with Gasteiger partial charge in [-0.2, -0.15) is 0 Å². The molecule has 2 N–H and O–H groups in total. The molecule has 8 heteroatoms. The monoisotopic (exact) mass is 381 g/mol. The maximum absolute atomic E-state index is 12.3. The van der Waals surface area contributed by atoms with E-state index in [1.165, 1.54) is 11.8 Å². The third kappa shape index (κ3) is 4.53. The lowest BCUT2D eigenvalue weighted by atomic mass is 10.2. The number of rotatable bonds is 5. The van der Waals surface area contributed by atoms with Crippen molar-refractivity contribution in [2.24, 2.45) is 7.05 Å². The molecule has 7 nitrogen and oxygen atoms in total. The van der Waals surface area contributed by atoms with E-state index in [-0.39, 0.29) is 11.8 Å². The molecule has 138 valence electrons. The van der Waals surface area contributed by atoms with Crippen LogP contribution in [0.5, 0.6) is 0 Å². The maximum atomic E-state index is 12.3. The SMILES string of the molecule is C[C@H](Sc1nnc(-c2ccccc2)n1C)C(=O)NNC(=O)c1ccccc1. The Bertz CT molecular complexity index is 928. The first kappa shape index (κ1) is 18.7. The highest BCUT2D eigenvalue weighted by molar-refractivity contribution is 8.00.